The average Bonchev–Trinajstić information content (AvgIpc) is 3.55. The number of hydrogen-bond acceptors (Lipinski definition) is 5. The maximum atomic E-state index is 13.6. The van der Waals surface area contributed by atoms with Crippen molar-refractivity contribution in [3.8, 4) is 0 Å². The summed E-state index contributed by atoms with van der Waals surface area (Å²) in [5.74, 6) is 0. The van der Waals surface area contributed by atoms with Crippen LogP contribution in [0.15, 0.2) is 48.5 Å². The van der Waals surface area contributed by atoms with E-state index in [0.717, 1.165) is 32.0 Å². The van der Waals surface area contributed by atoms with Crippen LogP contribution in [0.1, 0.15) is 24.0 Å². The molecule has 4 aliphatic heterocycles. The van der Waals surface area contributed by atoms with E-state index < -0.39 is 8.07 Å². The first-order valence-corrected chi connectivity index (χ1v) is 16.7. The van der Waals surface area contributed by atoms with Gasteiger partial charge in [-0.05, 0) is 48.7 Å². The molecule has 1 N–H and O–H groups in total. The topological polar surface area (TPSA) is 48.1 Å². The number of carbonyl (C=O) groups is 1. The van der Waals surface area contributed by atoms with Crippen molar-refractivity contribution in [2.45, 2.75) is 61.7 Å². The lowest BCUT2D eigenvalue weighted by atomic mass is 9.55. The van der Waals surface area contributed by atoms with Crippen molar-refractivity contribution in [1.29, 1.82) is 0 Å². The predicted molar refractivity (Wildman–Crippen MR) is 144 cm³/mol. The molecule has 2 aromatic rings. The molecule has 0 bridgehead atoms. The molecule has 0 aliphatic carbocycles. The Labute approximate surface area is 210 Å². The van der Waals surface area contributed by atoms with Crippen molar-refractivity contribution in [3.63, 3.8) is 0 Å². The Hall–Kier alpha value is -2.51. The number of amides is 1. The smallest absolute Gasteiger partial charge is 0.411 e. The standard InChI is InChI=1S/C28H38N4O2Si/c1-30-22-12-8-6-10-20(22)27(14-16-29-24(27)30)28-15-17-32(26(33)34-18-19-35(3,4)5)25(28)31(2)23-13-9-7-11-21(23)28/h6-13,24-25,29H,14-19H2,1-5H3/t24-,25+,27-,28-/m1/s1. The number of rotatable bonds is 4. The molecule has 4 atom stereocenters. The highest BCUT2D eigenvalue weighted by molar-refractivity contribution is 6.76. The molecule has 0 radical (unpaired) electrons. The summed E-state index contributed by atoms with van der Waals surface area (Å²) < 4.78 is 5.93. The van der Waals surface area contributed by atoms with Crippen LogP contribution in [0.25, 0.3) is 0 Å². The summed E-state index contributed by atoms with van der Waals surface area (Å²) >= 11 is 0. The second-order valence-corrected chi connectivity index (χ2v) is 17.7. The average molecular weight is 491 g/mol. The van der Waals surface area contributed by atoms with Gasteiger partial charge >= 0.3 is 6.09 Å². The van der Waals surface area contributed by atoms with Crippen LogP contribution in [0, 0.1) is 0 Å². The Kier molecular flexibility index (Phi) is 5.07. The normalized spacial score (nSPS) is 30.8. The lowest BCUT2D eigenvalue weighted by Crippen LogP contribution is -2.63. The van der Waals surface area contributed by atoms with Crippen LogP contribution in [0.4, 0.5) is 16.2 Å². The molecule has 6 nitrogen and oxygen atoms in total. The second kappa shape index (κ2) is 7.74. The number of ether oxygens (including phenoxy) is 1. The van der Waals surface area contributed by atoms with E-state index in [2.05, 4.69) is 97.4 Å². The van der Waals surface area contributed by atoms with Gasteiger partial charge in [-0.3, -0.25) is 10.2 Å². The van der Waals surface area contributed by atoms with Gasteiger partial charge in [0.15, 0.2) is 0 Å². The van der Waals surface area contributed by atoms with Crippen molar-refractivity contribution < 1.29 is 9.53 Å². The van der Waals surface area contributed by atoms with E-state index in [1.54, 1.807) is 0 Å². The number of nitrogens with zero attached hydrogens (tertiary/aromatic N) is 3. The number of para-hydroxylation sites is 2. The molecule has 0 aromatic heterocycles. The zero-order valence-electron chi connectivity index (χ0n) is 21.7. The van der Waals surface area contributed by atoms with Gasteiger partial charge in [0.2, 0.25) is 0 Å². The quantitative estimate of drug-likeness (QED) is 0.636. The van der Waals surface area contributed by atoms with Crippen LogP contribution in [-0.2, 0) is 15.6 Å². The molecule has 2 saturated heterocycles. The van der Waals surface area contributed by atoms with E-state index in [4.69, 9.17) is 4.74 Å². The van der Waals surface area contributed by atoms with E-state index in [9.17, 15) is 4.79 Å². The Morgan fingerprint density at radius 3 is 2.29 bits per heavy atom. The van der Waals surface area contributed by atoms with Gasteiger partial charge < -0.3 is 14.5 Å². The van der Waals surface area contributed by atoms with Crippen LogP contribution >= 0.6 is 0 Å². The molecular weight excluding hydrogens is 452 g/mol. The summed E-state index contributed by atoms with van der Waals surface area (Å²) in [6, 6.07) is 18.7. The molecule has 7 heteroatoms. The molecule has 2 aromatic carbocycles. The minimum atomic E-state index is -1.28. The van der Waals surface area contributed by atoms with Crippen LogP contribution in [0.2, 0.25) is 25.7 Å². The van der Waals surface area contributed by atoms with Crippen LogP contribution in [-0.4, -0.2) is 65.2 Å². The molecule has 4 heterocycles. The molecule has 2 fully saturated rings. The highest BCUT2D eigenvalue weighted by Crippen LogP contribution is 2.67. The fourth-order valence-electron chi connectivity index (χ4n) is 7.80. The number of likely N-dealkylation sites (N-methyl/N-ethyl adjacent to an activating group) is 2. The van der Waals surface area contributed by atoms with E-state index in [-0.39, 0.29) is 29.3 Å². The van der Waals surface area contributed by atoms with E-state index in [1.165, 1.54) is 22.5 Å². The van der Waals surface area contributed by atoms with Crippen molar-refractivity contribution in [2.75, 3.05) is 43.6 Å². The third-order valence-electron chi connectivity index (χ3n) is 9.20. The van der Waals surface area contributed by atoms with Gasteiger partial charge in [-0.2, -0.15) is 0 Å². The second-order valence-electron chi connectivity index (χ2n) is 12.0. The summed E-state index contributed by atoms with van der Waals surface area (Å²) in [5, 5.41) is 3.86. The van der Waals surface area contributed by atoms with Gasteiger partial charge in [-0.25, -0.2) is 4.79 Å². The third kappa shape index (κ3) is 2.94. The number of likely N-dealkylation sites (tertiary alicyclic amines) is 1. The number of nitrogens with one attached hydrogen (secondary N) is 1. The summed E-state index contributed by atoms with van der Waals surface area (Å²) in [5.41, 5.74) is 5.00. The summed E-state index contributed by atoms with van der Waals surface area (Å²) in [6.45, 7) is 9.18. The van der Waals surface area contributed by atoms with Crippen LogP contribution in [0.5, 0.6) is 0 Å². The highest BCUT2D eigenvalue weighted by atomic mass is 28.3. The van der Waals surface area contributed by atoms with E-state index in [0.29, 0.717) is 6.61 Å². The van der Waals surface area contributed by atoms with Crippen molar-refractivity contribution in [2.24, 2.45) is 0 Å². The molecule has 0 spiro atoms. The fourth-order valence-corrected chi connectivity index (χ4v) is 8.52. The Balaban J connectivity index is 1.48. The SMILES string of the molecule is CN1c2ccccc2[C@]2([C@@]34CCN(C(=O)OCC[Si](C)(C)C)[C@@H]3N(C)c3ccccc34)CCN[C@H]12. The molecule has 4 aliphatic rings. The monoisotopic (exact) mass is 490 g/mol. The van der Waals surface area contributed by atoms with Gasteiger partial charge in [0.05, 0.1) is 18.2 Å². The Bertz CT molecular complexity index is 1170. The number of carbonyl (C=O) groups excluding carboxylic acids is 1. The van der Waals surface area contributed by atoms with Crippen LogP contribution < -0.4 is 15.1 Å². The molecule has 1 amide bonds. The van der Waals surface area contributed by atoms with Crippen molar-refractivity contribution >= 4 is 25.5 Å². The molecule has 6 rings (SSSR count). The zero-order valence-corrected chi connectivity index (χ0v) is 22.7. The number of benzene rings is 2. The fraction of sp³-hybridized carbons (Fsp3) is 0.536. The summed E-state index contributed by atoms with van der Waals surface area (Å²) in [7, 11) is 3.11. The molecule has 186 valence electrons. The predicted octanol–water partition coefficient (Wildman–Crippen LogP) is 4.59. The molecule has 35 heavy (non-hydrogen) atoms. The molecule has 0 unspecified atom stereocenters. The first kappa shape index (κ1) is 22.9. The van der Waals surface area contributed by atoms with Crippen molar-refractivity contribution in [3.05, 3.63) is 59.7 Å². The van der Waals surface area contributed by atoms with Crippen molar-refractivity contribution in [1.82, 2.24) is 10.2 Å². The maximum absolute atomic E-state index is 13.6. The lowest BCUT2D eigenvalue weighted by molar-refractivity contribution is 0.0856. The minimum Gasteiger partial charge on any atom is -0.450 e. The lowest BCUT2D eigenvalue weighted by Gasteiger charge is -2.49. The van der Waals surface area contributed by atoms with Gasteiger partial charge in [0, 0.05) is 45.5 Å². The summed E-state index contributed by atoms with van der Waals surface area (Å²) in [4.78, 5) is 20.4. The van der Waals surface area contributed by atoms with E-state index in [1.807, 2.05) is 4.90 Å². The number of anilines is 2. The molecule has 0 saturated carbocycles. The molecular formula is C28H38N4O2Si. The van der Waals surface area contributed by atoms with Crippen LogP contribution in [0.3, 0.4) is 0 Å². The Morgan fingerprint density at radius 1 is 0.971 bits per heavy atom. The number of fused-ring (bicyclic) bond motifs is 7. The zero-order chi connectivity index (χ0) is 24.6. The largest absolute Gasteiger partial charge is 0.450 e. The first-order chi connectivity index (χ1) is 16.7. The van der Waals surface area contributed by atoms with Gasteiger partial charge in [-0.1, -0.05) is 56.0 Å². The van der Waals surface area contributed by atoms with Gasteiger partial charge in [-0.15, -0.1) is 0 Å². The van der Waals surface area contributed by atoms with E-state index >= 15 is 0 Å². The third-order valence-corrected chi connectivity index (χ3v) is 10.9. The Morgan fingerprint density at radius 2 is 1.60 bits per heavy atom. The highest BCUT2D eigenvalue weighted by Gasteiger charge is 2.73. The first-order valence-electron chi connectivity index (χ1n) is 13.0. The van der Waals surface area contributed by atoms with Gasteiger partial charge in [0.1, 0.15) is 6.17 Å². The number of hydrogen-bond donors (Lipinski definition) is 1. The maximum Gasteiger partial charge on any atom is 0.411 e. The summed E-state index contributed by atoms with van der Waals surface area (Å²) in [6.07, 6.45) is 1.96. The van der Waals surface area contributed by atoms with Gasteiger partial charge in [0.25, 0.3) is 0 Å². The minimum absolute atomic E-state index is 0.0683.